The molecule has 2 heterocycles. The molecule has 2 amide bonds. The molecule has 1 aromatic rings. The van der Waals surface area contributed by atoms with Crippen LogP contribution in [0.5, 0.6) is 0 Å². The quantitative estimate of drug-likeness (QED) is 0.766. The molecule has 0 radical (unpaired) electrons. The Bertz CT molecular complexity index is 468. The van der Waals surface area contributed by atoms with Crippen LogP contribution < -0.4 is 0 Å². The second kappa shape index (κ2) is 4.52. The fourth-order valence-corrected chi connectivity index (χ4v) is 2.58. The third kappa shape index (κ3) is 1.92. The molecular formula is C14H18N2O2. The Labute approximate surface area is 107 Å². The minimum atomic E-state index is -0.597. The van der Waals surface area contributed by atoms with Gasteiger partial charge in [-0.1, -0.05) is 26.8 Å². The molecule has 1 fully saturated rings. The molecule has 1 aliphatic rings. The van der Waals surface area contributed by atoms with E-state index in [-0.39, 0.29) is 24.3 Å². The van der Waals surface area contributed by atoms with Crippen molar-refractivity contribution in [1.82, 2.24) is 9.88 Å². The molecule has 0 saturated carbocycles. The Morgan fingerprint density at radius 2 is 2.06 bits per heavy atom. The van der Waals surface area contributed by atoms with Gasteiger partial charge in [-0.3, -0.25) is 19.5 Å². The molecule has 1 aliphatic heterocycles. The van der Waals surface area contributed by atoms with Crippen LogP contribution in [0.1, 0.15) is 32.9 Å². The summed E-state index contributed by atoms with van der Waals surface area (Å²) in [5.74, 6) is -0.378. The fourth-order valence-electron chi connectivity index (χ4n) is 2.58. The lowest BCUT2D eigenvalue weighted by Crippen LogP contribution is -2.32. The summed E-state index contributed by atoms with van der Waals surface area (Å²) < 4.78 is 0. The summed E-state index contributed by atoms with van der Waals surface area (Å²) in [4.78, 5) is 30.0. The Hall–Kier alpha value is -1.71. The van der Waals surface area contributed by atoms with Gasteiger partial charge in [0.1, 0.15) is 0 Å². The first-order valence-corrected chi connectivity index (χ1v) is 6.24. The lowest BCUT2D eigenvalue weighted by molar-refractivity contribution is -0.141. The Balaban J connectivity index is 2.25. The number of hydrogen-bond donors (Lipinski definition) is 0. The number of carbonyl (C=O) groups excluding carboxylic acids is 2. The van der Waals surface area contributed by atoms with Crippen LogP contribution in [0.2, 0.25) is 0 Å². The van der Waals surface area contributed by atoms with Crippen LogP contribution in [0.3, 0.4) is 0 Å². The monoisotopic (exact) mass is 246 g/mol. The van der Waals surface area contributed by atoms with Crippen LogP contribution in [0.15, 0.2) is 24.4 Å². The number of aromatic nitrogens is 1. The van der Waals surface area contributed by atoms with Crippen LogP contribution in [0, 0.1) is 11.3 Å². The zero-order valence-electron chi connectivity index (χ0n) is 11.0. The van der Waals surface area contributed by atoms with E-state index in [9.17, 15) is 9.59 Å². The van der Waals surface area contributed by atoms with Crippen molar-refractivity contribution in [2.45, 2.75) is 33.7 Å². The zero-order chi connectivity index (χ0) is 13.3. The molecule has 0 spiro atoms. The number of hydrogen-bond acceptors (Lipinski definition) is 3. The molecule has 0 aromatic carbocycles. The summed E-state index contributed by atoms with van der Waals surface area (Å²) in [6, 6.07) is 5.50. The van der Waals surface area contributed by atoms with Gasteiger partial charge in [0.15, 0.2) is 0 Å². The number of carbonyl (C=O) groups is 2. The van der Waals surface area contributed by atoms with Crippen molar-refractivity contribution >= 4 is 11.8 Å². The molecular weight excluding hydrogens is 228 g/mol. The van der Waals surface area contributed by atoms with Crippen molar-refractivity contribution < 1.29 is 9.59 Å². The van der Waals surface area contributed by atoms with Crippen molar-refractivity contribution in [2.24, 2.45) is 11.3 Å². The van der Waals surface area contributed by atoms with Crippen molar-refractivity contribution in [3.63, 3.8) is 0 Å². The van der Waals surface area contributed by atoms with E-state index in [0.717, 1.165) is 5.69 Å². The molecule has 0 bridgehead atoms. The van der Waals surface area contributed by atoms with Crippen LogP contribution in [0.25, 0.3) is 0 Å². The minimum absolute atomic E-state index is 0.0712. The maximum Gasteiger partial charge on any atom is 0.236 e. The smallest absolute Gasteiger partial charge is 0.236 e. The number of rotatable bonds is 3. The summed E-state index contributed by atoms with van der Waals surface area (Å²) >= 11 is 0. The predicted octanol–water partition coefficient (Wildman–Crippen LogP) is 2.00. The van der Waals surface area contributed by atoms with Gasteiger partial charge >= 0.3 is 0 Å². The fraction of sp³-hybridized carbons (Fsp3) is 0.500. The molecule has 1 aromatic heterocycles. The first-order chi connectivity index (χ1) is 8.48. The third-order valence-corrected chi connectivity index (χ3v) is 3.69. The summed E-state index contributed by atoms with van der Waals surface area (Å²) in [5.41, 5.74) is 0.146. The van der Waals surface area contributed by atoms with Crippen molar-refractivity contribution in [1.29, 1.82) is 0 Å². The molecule has 4 nitrogen and oxygen atoms in total. The number of pyridine rings is 1. The highest BCUT2D eigenvalue weighted by Crippen LogP contribution is 2.39. The summed E-state index contributed by atoms with van der Waals surface area (Å²) in [6.07, 6.45) is 2.36. The first kappa shape index (κ1) is 12.7. The maximum absolute atomic E-state index is 12.3. The van der Waals surface area contributed by atoms with Gasteiger partial charge in [0, 0.05) is 6.20 Å². The highest BCUT2D eigenvalue weighted by atomic mass is 16.2. The van der Waals surface area contributed by atoms with E-state index in [1.165, 1.54) is 4.90 Å². The van der Waals surface area contributed by atoms with Gasteiger partial charge in [-0.05, 0) is 18.6 Å². The standard InChI is InChI=1S/C14H18N2O2/c1-4-11-12(17)16(13(18)14(11,2)3)9-10-7-5-6-8-15-10/h5-8,11H,4,9H2,1-3H3. The summed E-state index contributed by atoms with van der Waals surface area (Å²) in [6.45, 7) is 5.92. The maximum atomic E-state index is 12.3. The molecule has 2 rings (SSSR count). The number of amides is 2. The van der Waals surface area contributed by atoms with Gasteiger partial charge in [-0.2, -0.15) is 0 Å². The van der Waals surface area contributed by atoms with Crippen LogP contribution in [-0.2, 0) is 16.1 Å². The number of imide groups is 1. The minimum Gasteiger partial charge on any atom is -0.276 e. The lowest BCUT2D eigenvalue weighted by Gasteiger charge is -2.20. The molecule has 1 saturated heterocycles. The summed E-state index contributed by atoms with van der Waals surface area (Å²) in [7, 11) is 0. The Morgan fingerprint density at radius 3 is 2.56 bits per heavy atom. The van der Waals surface area contributed by atoms with Gasteiger partial charge < -0.3 is 0 Å². The van der Waals surface area contributed by atoms with Crippen LogP contribution >= 0.6 is 0 Å². The molecule has 0 aliphatic carbocycles. The lowest BCUT2D eigenvalue weighted by atomic mass is 9.80. The number of likely N-dealkylation sites (tertiary alicyclic amines) is 1. The normalized spacial score (nSPS) is 22.6. The van der Waals surface area contributed by atoms with Gasteiger partial charge in [0.05, 0.1) is 23.6 Å². The molecule has 0 N–H and O–H groups in total. The number of nitrogens with zero attached hydrogens (tertiary/aromatic N) is 2. The van der Waals surface area contributed by atoms with Gasteiger partial charge in [0.25, 0.3) is 0 Å². The van der Waals surface area contributed by atoms with Crippen molar-refractivity contribution in [3.8, 4) is 0 Å². The van der Waals surface area contributed by atoms with E-state index in [0.29, 0.717) is 6.42 Å². The van der Waals surface area contributed by atoms with Crippen molar-refractivity contribution in [3.05, 3.63) is 30.1 Å². The van der Waals surface area contributed by atoms with E-state index in [1.54, 1.807) is 6.20 Å². The van der Waals surface area contributed by atoms with Crippen LogP contribution in [0.4, 0.5) is 0 Å². The highest BCUT2D eigenvalue weighted by Gasteiger charge is 2.52. The molecule has 4 heteroatoms. The van der Waals surface area contributed by atoms with Gasteiger partial charge in [-0.15, -0.1) is 0 Å². The largest absolute Gasteiger partial charge is 0.276 e. The molecule has 18 heavy (non-hydrogen) atoms. The van der Waals surface area contributed by atoms with Gasteiger partial charge in [-0.25, -0.2) is 0 Å². The second-order valence-corrected chi connectivity index (χ2v) is 5.23. The average Bonchev–Trinajstić information content (AvgIpc) is 2.51. The van der Waals surface area contributed by atoms with E-state index < -0.39 is 5.41 Å². The highest BCUT2D eigenvalue weighted by molar-refractivity contribution is 6.06. The zero-order valence-corrected chi connectivity index (χ0v) is 11.0. The molecule has 1 atom stereocenters. The average molecular weight is 246 g/mol. The molecule has 1 unspecified atom stereocenters. The van der Waals surface area contributed by atoms with E-state index in [2.05, 4.69) is 4.98 Å². The third-order valence-electron chi connectivity index (χ3n) is 3.69. The Morgan fingerprint density at radius 1 is 1.33 bits per heavy atom. The SMILES string of the molecule is CCC1C(=O)N(Cc2ccccn2)C(=O)C1(C)C. The van der Waals surface area contributed by atoms with E-state index in [1.807, 2.05) is 39.0 Å². The van der Waals surface area contributed by atoms with Crippen LogP contribution in [-0.4, -0.2) is 21.7 Å². The van der Waals surface area contributed by atoms with Gasteiger partial charge in [0.2, 0.25) is 11.8 Å². The first-order valence-electron chi connectivity index (χ1n) is 6.24. The Kier molecular flexibility index (Phi) is 3.20. The van der Waals surface area contributed by atoms with E-state index in [4.69, 9.17) is 0 Å². The summed E-state index contributed by atoms with van der Waals surface area (Å²) in [5, 5.41) is 0. The topological polar surface area (TPSA) is 50.3 Å². The second-order valence-electron chi connectivity index (χ2n) is 5.23. The van der Waals surface area contributed by atoms with Crippen molar-refractivity contribution in [2.75, 3.05) is 0 Å². The predicted molar refractivity (Wildman–Crippen MR) is 67.4 cm³/mol. The van der Waals surface area contributed by atoms with E-state index >= 15 is 0 Å². The molecule has 96 valence electrons.